The van der Waals surface area contributed by atoms with Crippen molar-refractivity contribution in [3.8, 4) is 0 Å². The van der Waals surface area contributed by atoms with Crippen molar-refractivity contribution in [2.45, 2.75) is 19.1 Å². The van der Waals surface area contributed by atoms with Crippen LogP contribution in [0.2, 0.25) is 0 Å². The Bertz CT molecular complexity index is 238. The van der Waals surface area contributed by atoms with Gasteiger partial charge in [0.2, 0.25) is 0 Å². The van der Waals surface area contributed by atoms with Crippen LogP contribution in [0.5, 0.6) is 0 Å². The predicted molar refractivity (Wildman–Crippen MR) is 51.4 cm³/mol. The second-order valence-electron chi connectivity index (χ2n) is 3.01. The van der Waals surface area contributed by atoms with Crippen molar-refractivity contribution in [1.82, 2.24) is 5.32 Å². The highest BCUT2D eigenvalue weighted by Crippen LogP contribution is 2.19. The number of nitrogens with one attached hydrogen (secondary N) is 1. The maximum absolute atomic E-state index is 8.74. The molecule has 1 aromatic rings. The van der Waals surface area contributed by atoms with Gasteiger partial charge in [-0.3, -0.25) is 5.26 Å². The number of hydrogen-bond donors (Lipinski definition) is 2. The zero-order chi connectivity index (χ0) is 9.68. The van der Waals surface area contributed by atoms with Crippen molar-refractivity contribution in [2.75, 3.05) is 7.05 Å². The van der Waals surface area contributed by atoms with Crippen molar-refractivity contribution in [3.63, 3.8) is 0 Å². The Hall–Kier alpha value is -0.900. The topological polar surface area (TPSA) is 41.5 Å². The summed E-state index contributed by atoms with van der Waals surface area (Å²) in [5, 5.41) is 11.8. The van der Waals surface area contributed by atoms with Crippen molar-refractivity contribution >= 4 is 0 Å². The van der Waals surface area contributed by atoms with Gasteiger partial charge in [-0.1, -0.05) is 30.3 Å². The number of hydrogen-bond acceptors (Lipinski definition) is 3. The molecule has 0 amide bonds. The van der Waals surface area contributed by atoms with Gasteiger partial charge in [-0.25, -0.2) is 4.89 Å². The molecule has 13 heavy (non-hydrogen) atoms. The molecule has 3 heteroatoms. The van der Waals surface area contributed by atoms with Crippen molar-refractivity contribution in [3.05, 3.63) is 35.9 Å². The van der Waals surface area contributed by atoms with Crippen molar-refractivity contribution in [1.29, 1.82) is 0 Å². The highest BCUT2D eigenvalue weighted by Gasteiger charge is 2.17. The fourth-order valence-electron chi connectivity index (χ4n) is 1.23. The quantitative estimate of drug-likeness (QED) is 0.550. The predicted octanol–water partition coefficient (Wildman–Crippen LogP) is 1.83. The lowest BCUT2D eigenvalue weighted by molar-refractivity contribution is -0.287. The molecule has 0 bridgehead atoms. The molecule has 0 aliphatic heterocycles. The Morgan fingerprint density at radius 1 is 1.31 bits per heavy atom. The average Bonchev–Trinajstić information content (AvgIpc) is 2.20. The molecule has 0 saturated carbocycles. The largest absolute Gasteiger partial charge is 0.314 e. The molecule has 0 heterocycles. The van der Waals surface area contributed by atoms with Crippen LogP contribution in [0, 0.1) is 0 Å². The molecular weight excluding hydrogens is 166 g/mol. The van der Waals surface area contributed by atoms with E-state index in [4.69, 9.17) is 5.26 Å². The first-order valence-electron chi connectivity index (χ1n) is 4.32. The number of benzene rings is 1. The Morgan fingerprint density at radius 2 is 1.92 bits per heavy atom. The first-order chi connectivity index (χ1) is 6.29. The second kappa shape index (κ2) is 4.97. The monoisotopic (exact) mass is 181 g/mol. The third kappa shape index (κ3) is 2.52. The van der Waals surface area contributed by atoms with Gasteiger partial charge < -0.3 is 5.32 Å². The third-order valence-corrected chi connectivity index (χ3v) is 2.15. The van der Waals surface area contributed by atoms with E-state index in [-0.39, 0.29) is 12.1 Å². The molecule has 0 aliphatic carbocycles. The maximum Gasteiger partial charge on any atom is 0.133 e. The molecular formula is C10H15NO2. The van der Waals surface area contributed by atoms with Gasteiger partial charge in [0, 0.05) is 6.04 Å². The summed E-state index contributed by atoms with van der Waals surface area (Å²) in [5.74, 6) is 0. The third-order valence-electron chi connectivity index (χ3n) is 2.15. The maximum atomic E-state index is 8.74. The van der Waals surface area contributed by atoms with Crippen LogP contribution >= 0.6 is 0 Å². The van der Waals surface area contributed by atoms with Crippen molar-refractivity contribution < 1.29 is 10.1 Å². The number of rotatable bonds is 4. The minimum atomic E-state index is -0.314. The van der Waals surface area contributed by atoms with Crippen LogP contribution in [0.3, 0.4) is 0 Å². The molecule has 0 saturated heterocycles. The fraction of sp³-hybridized carbons (Fsp3) is 0.400. The Kier molecular flexibility index (Phi) is 3.89. The van der Waals surface area contributed by atoms with E-state index in [0.717, 1.165) is 5.56 Å². The van der Waals surface area contributed by atoms with E-state index in [1.165, 1.54) is 0 Å². The highest BCUT2D eigenvalue weighted by molar-refractivity contribution is 5.18. The lowest BCUT2D eigenvalue weighted by Crippen LogP contribution is -2.30. The summed E-state index contributed by atoms with van der Waals surface area (Å²) in [4.78, 5) is 4.43. The van der Waals surface area contributed by atoms with E-state index in [0.29, 0.717) is 0 Å². The van der Waals surface area contributed by atoms with Crippen LogP contribution in [0.4, 0.5) is 0 Å². The van der Waals surface area contributed by atoms with E-state index in [1.807, 2.05) is 44.3 Å². The van der Waals surface area contributed by atoms with Gasteiger partial charge in [-0.2, -0.15) is 0 Å². The summed E-state index contributed by atoms with van der Waals surface area (Å²) >= 11 is 0. The normalized spacial score (nSPS) is 15.3. The average molecular weight is 181 g/mol. The molecule has 2 unspecified atom stereocenters. The van der Waals surface area contributed by atoms with Gasteiger partial charge in [0.15, 0.2) is 0 Å². The summed E-state index contributed by atoms with van der Waals surface area (Å²) in [6.07, 6.45) is -0.314. The van der Waals surface area contributed by atoms with Gasteiger partial charge in [0.05, 0.1) is 0 Å². The molecule has 2 N–H and O–H groups in total. The number of likely N-dealkylation sites (N-methyl/N-ethyl adjacent to an activating group) is 1. The summed E-state index contributed by atoms with van der Waals surface area (Å²) in [5.41, 5.74) is 0.965. The minimum absolute atomic E-state index is 0.0763. The SMILES string of the molecule is CNC(C)C(OO)c1ccccc1. The van der Waals surface area contributed by atoms with Gasteiger partial charge in [-0.05, 0) is 19.5 Å². The molecule has 1 rings (SSSR count). The van der Waals surface area contributed by atoms with Gasteiger partial charge >= 0.3 is 0 Å². The van der Waals surface area contributed by atoms with Gasteiger partial charge in [-0.15, -0.1) is 0 Å². The Labute approximate surface area is 78.3 Å². The van der Waals surface area contributed by atoms with Gasteiger partial charge in [0.25, 0.3) is 0 Å². The van der Waals surface area contributed by atoms with E-state index in [9.17, 15) is 0 Å². The smallest absolute Gasteiger partial charge is 0.133 e. The first kappa shape index (κ1) is 10.2. The molecule has 1 aromatic carbocycles. The zero-order valence-corrected chi connectivity index (χ0v) is 7.90. The van der Waals surface area contributed by atoms with Crippen molar-refractivity contribution in [2.24, 2.45) is 0 Å². The minimum Gasteiger partial charge on any atom is -0.314 e. The van der Waals surface area contributed by atoms with Crippen LogP contribution in [0.1, 0.15) is 18.6 Å². The standard InChI is InChI=1S/C10H15NO2/c1-8(11-2)10(13-12)9-6-4-3-5-7-9/h3-8,10-12H,1-2H3. The van der Waals surface area contributed by atoms with E-state index in [1.54, 1.807) is 0 Å². The molecule has 72 valence electrons. The molecule has 0 aliphatic rings. The molecule has 0 spiro atoms. The first-order valence-corrected chi connectivity index (χ1v) is 4.32. The molecule has 0 fully saturated rings. The second-order valence-corrected chi connectivity index (χ2v) is 3.01. The molecule has 2 atom stereocenters. The highest BCUT2D eigenvalue weighted by atomic mass is 17.1. The summed E-state index contributed by atoms with van der Waals surface area (Å²) in [6, 6.07) is 9.70. The van der Waals surface area contributed by atoms with Crippen LogP contribution in [0.25, 0.3) is 0 Å². The lowest BCUT2D eigenvalue weighted by atomic mass is 10.0. The van der Waals surface area contributed by atoms with E-state index >= 15 is 0 Å². The van der Waals surface area contributed by atoms with Crippen LogP contribution in [-0.2, 0) is 4.89 Å². The molecule has 0 aromatic heterocycles. The van der Waals surface area contributed by atoms with Gasteiger partial charge in [0.1, 0.15) is 6.10 Å². The summed E-state index contributed by atoms with van der Waals surface area (Å²) in [7, 11) is 1.83. The Morgan fingerprint density at radius 3 is 2.38 bits per heavy atom. The Balaban J connectivity index is 2.78. The lowest BCUT2D eigenvalue weighted by Gasteiger charge is -2.20. The van der Waals surface area contributed by atoms with Crippen LogP contribution < -0.4 is 5.32 Å². The van der Waals surface area contributed by atoms with Crippen LogP contribution in [-0.4, -0.2) is 18.3 Å². The summed E-state index contributed by atoms with van der Waals surface area (Å²) in [6.45, 7) is 1.95. The molecule has 3 nitrogen and oxygen atoms in total. The zero-order valence-electron chi connectivity index (χ0n) is 7.90. The summed E-state index contributed by atoms with van der Waals surface area (Å²) < 4.78 is 0. The van der Waals surface area contributed by atoms with Crippen LogP contribution in [0.15, 0.2) is 30.3 Å². The molecule has 0 radical (unpaired) electrons. The fourth-order valence-corrected chi connectivity index (χ4v) is 1.23. The van der Waals surface area contributed by atoms with E-state index in [2.05, 4.69) is 10.2 Å². The van der Waals surface area contributed by atoms with E-state index < -0.39 is 0 Å².